The highest BCUT2D eigenvalue weighted by Crippen LogP contribution is 2.06. The minimum Gasteiger partial charge on any atom is -0.297 e. The molecule has 0 aliphatic heterocycles. The maximum absolute atomic E-state index is 11.8. The number of likely N-dealkylation sites (N-methyl/N-ethyl adjacent to an activating group) is 1. The molecular weight excluding hydrogens is 196 g/mol. The Morgan fingerprint density at radius 3 is 2.64 bits per heavy atom. The summed E-state index contributed by atoms with van der Waals surface area (Å²) in [6.07, 6.45) is 3.25. The van der Waals surface area contributed by atoms with Gasteiger partial charge in [0, 0.05) is 6.20 Å². The molecule has 0 bridgehead atoms. The fraction of sp³-hybridized carbons (Fsp3) is 0.600. The smallest absolute Gasteiger partial charge is 0.204 e. The maximum atomic E-state index is 11.8. The van der Waals surface area contributed by atoms with Crippen molar-refractivity contribution in [1.29, 1.82) is 0 Å². The molecule has 0 aromatic rings. The second-order valence-electron chi connectivity index (χ2n) is 2.93. The topological polar surface area (TPSA) is 32.7 Å². The second-order valence-corrected chi connectivity index (χ2v) is 3.73. The summed E-state index contributed by atoms with van der Waals surface area (Å²) in [5.41, 5.74) is 0. The molecule has 3 nitrogen and oxygen atoms in total. The molecule has 1 unspecified atom stereocenters. The SMILES string of the molecule is C=CN=C(SC)C(=O)C(C)N(C)CC. The number of rotatable bonds is 5. The van der Waals surface area contributed by atoms with Crippen LogP contribution in [0, 0.1) is 0 Å². The largest absolute Gasteiger partial charge is 0.297 e. The number of thioether (sulfide) groups is 1. The van der Waals surface area contributed by atoms with Gasteiger partial charge in [0.1, 0.15) is 5.04 Å². The Morgan fingerprint density at radius 1 is 1.71 bits per heavy atom. The standard InChI is InChI=1S/C10H18N2OS/c1-6-11-10(14-5)9(13)8(3)12(4)7-2/h6,8H,1,7H2,2-5H3. The molecule has 0 saturated heterocycles. The lowest BCUT2D eigenvalue weighted by Crippen LogP contribution is -2.38. The molecule has 0 aromatic heterocycles. The van der Waals surface area contributed by atoms with Crippen molar-refractivity contribution < 1.29 is 4.79 Å². The van der Waals surface area contributed by atoms with Crippen molar-refractivity contribution in [3.8, 4) is 0 Å². The van der Waals surface area contributed by atoms with E-state index >= 15 is 0 Å². The van der Waals surface area contributed by atoms with Crippen LogP contribution < -0.4 is 0 Å². The van der Waals surface area contributed by atoms with E-state index in [9.17, 15) is 4.79 Å². The van der Waals surface area contributed by atoms with Crippen molar-refractivity contribution in [2.45, 2.75) is 19.9 Å². The summed E-state index contributed by atoms with van der Waals surface area (Å²) >= 11 is 1.36. The predicted molar refractivity (Wildman–Crippen MR) is 63.9 cm³/mol. The van der Waals surface area contributed by atoms with E-state index in [4.69, 9.17) is 0 Å². The fourth-order valence-electron chi connectivity index (χ4n) is 0.953. The number of ketones is 1. The lowest BCUT2D eigenvalue weighted by molar-refractivity contribution is -0.116. The minimum atomic E-state index is -0.119. The number of nitrogens with zero attached hydrogens (tertiary/aromatic N) is 2. The molecule has 0 rings (SSSR count). The molecule has 4 heteroatoms. The van der Waals surface area contributed by atoms with Gasteiger partial charge >= 0.3 is 0 Å². The third-order valence-corrected chi connectivity index (χ3v) is 2.85. The summed E-state index contributed by atoms with van der Waals surface area (Å²) in [7, 11) is 1.93. The zero-order valence-corrected chi connectivity index (χ0v) is 10.1. The van der Waals surface area contributed by atoms with Crippen LogP contribution in [0.15, 0.2) is 17.8 Å². The summed E-state index contributed by atoms with van der Waals surface area (Å²) in [4.78, 5) is 17.8. The molecule has 0 N–H and O–H groups in total. The molecule has 0 heterocycles. The van der Waals surface area contributed by atoms with Crippen molar-refractivity contribution >= 4 is 22.6 Å². The van der Waals surface area contributed by atoms with Gasteiger partial charge in [-0.15, -0.1) is 11.8 Å². The molecule has 0 spiro atoms. The van der Waals surface area contributed by atoms with Crippen LogP contribution in [0.25, 0.3) is 0 Å². The first-order chi connectivity index (χ1) is 6.58. The van der Waals surface area contributed by atoms with Crippen LogP contribution in [0.1, 0.15) is 13.8 Å². The van der Waals surface area contributed by atoms with E-state index in [2.05, 4.69) is 11.6 Å². The Hall–Kier alpha value is -0.610. The summed E-state index contributed by atoms with van der Waals surface area (Å²) in [6.45, 7) is 8.25. The number of carbonyl (C=O) groups excluding carboxylic acids is 1. The Balaban J connectivity index is 4.58. The van der Waals surface area contributed by atoms with Crippen LogP contribution in [0.2, 0.25) is 0 Å². The minimum absolute atomic E-state index is 0.0572. The van der Waals surface area contributed by atoms with E-state index in [1.54, 1.807) is 0 Å². The van der Waals surface area contributed by atoms with Gasteiger partial charge in [0.15, 0.2) is 0 Å². The van der Waals surface area contributed by atoms with Crippen LogP contribution in [-0.4, -0.2) is 41.6 Å². The molecule has 0 saturated carbocycles. The first-order valence-electron chi connectivity index (χ1n) is 4.55. The molecule has 0 aliphatic carbocycles. The molecular formula is C10H18N2OS. The first-order valence-corrected chi connectivity index (χ1v) is 5.78. The zero-order valence-electron chi connectivity index (χ0n) is 9.28. The summed E-state index contributed by atoms with van der Waals surface area (Å²) in [5, 5.41) is 0.521. The Kier molecular flexibility index (Phi) is 6.49. The van der Waals surface area contributed by atoms with Crippen LogP contribution in [0.3, 0.4) is 0 Å². The summed E-state index contributed by atoms with van der Waals surface area (Å²) in [6, 6.07) is -0.119. The van der Waals surface area contributed by atoms with Crippen molar-refractivity contribution in [2.24, 2.45) is 4.99 Å². The fourth-order valence-corrected chi connectivity index (χ4v) is 1.50. The molecule has 14 heavy (non-hydrogen) atoms. The molecule has 0 aromatic carbocycles. The molecule has 80 valence electrons. The predicted octanol–water partition coefficient (Wildman–Crippen LogP) is 1.80. The van der Waals surface area contributed by atoms with Crippen molar-refractivity contribution in [3.05, 3.63) is 12.8 Å². The lowest BCUT2D eigenvalue weighted by Gasteiger charge is -2.21. The molecule has 0 fully saturated rings. The van der Waals surface area contributed by atoms with Gasteiger partial charge in [-0.25, -0.2) is 4.99 Å². The Morgan fingerprint density at radius 2 is 2.29 bits per heavy atom. The number of Topliss-reactive ketones (excluding diaryl/α,β-unsaturated/α-hetero) is 1. The van der Waals surface area contributed by atoms with Gasteiger partial charge < -0.3 is 0 Å². The Bertz CT molecular complexity index is 238. The van der Waals surface area contributed by atoms with Crippen molar-refractivity contribution in [2.75, 3.05) is 19.8 Å². The quantitative estimate of drug-likeness (QED) is 0.517. The maximum Gasteiger partial charge on any atom is 0.204 e. The average molecular weight is 214 g/mol. The number of hydrogen-bond donors (Lipinski definition) is 0. The van der Waals surface area contributed by atoms with Gasteiger partial charge in [-0.2, -0.15) is 0 Å². The molecule has 0 radical (unpaired) electrons. The van der Waals surface area contributed by atoms with E-state index in [0.29, 0.717) is 5.04 Å². The summed E-state index contributed by atoms with van der Waals surface area (Å²) < 4.78 is 0. The monoisotopic (exact) mass is 214 g/mol. The van der Waals surface area contributed by atoms with Gasteiger partial charge in [-0.05, 0) is 26.8 Å². The number of aliphatic imine (C=N–C) groups is 1. The van der Waals surface area contributed by atoms with Gasteiger partial charge in [0.2, 0.25) is 5.78 Å². The van der Waals surface area contributed by atoms with Gasteiger partial charge in [-0.3, -0.25) is 9.69 Å². The molecule has 1 atom stereocenters. The second kappa shape index (κ2) is 6.79. The molecule has 0 amide bonds. The highest BCUT2D eigenvalue weighted by atomic mass is 32.2. The van der Waals surface area contributed by atoms with Crippen LogP contribution in [0.5, 0.6) is 0 Å². The Labute approximate surface area is 90.3 Å². The van der Waals surface area contributed by atoms with Gasteiger partial charge in [0.05, 0.1) is 6.04 Å². The first kappa shape index (κ1) is 13.4. The van der Waals surface area contributed by atoms with Gasteiger partial charge in [0.25, 0.3) is 0 Å². The van der Waals surface area contributed by atoms with E-state index in [0.717, 1.165) is 6.54 Å². The number of carbonyl (C=O) groups is 1. The van der Waals surface area contributed by atoms with E-state index in [1.165, 1.54) is 18.0 Å². The average Bonchev–Trinajstić information content (AvgIpc) is 2.22. The summed E-state index contributed by atoms with van der Waals surface area (Å²) in [5.74, 6) is 0.0572. The van der Waals surface area contributed by atoms with Crippen LogP contribution in [-0.2, 0) is 4.79 Å². The third-order valence-electron chi connectivity index (χ3n) is 2.15. The number of hydrogen-bond acceptors (Lipinski definition) is 4. The third kappa shape index (κ3) is 3.64. The van der Waals surface area contributed by atoms with Crippen LogP contribution in [0.4, 0.5) is 0 Å². The van der Waals surface area contributed by atoms with Crippen molar-refractivity contribution in [3.63, 3.8) is 0 Å². The van der Waals surface area contributed by atoms with E-state index in [1.807, 2.05) is 32.1 Å². The highest BCUT2D eigenvalue weighted by molar-refractivity contribution is 8.15. The highest BCUT2D eigenvalue weighted by Gasteiger charge is 2.20. The molecule has 0 aliphatic rings. The van der Waals surface area contributed by atoms with E-state index in [-0.39, 0.29) is 11.8 Å². The lowest BCUT2D eigenvalue weighted by atomic mass is 10.2. The van der Waals surface area contributed by atoms with Gasteiger partial charge in [-0.1, -0.05) is 13.5 Å². The van der Waals surface area contributed by atoms with Crippen LogP contribution >= 0.6 is 11.8 Å². The van der Waals surface area contributed by atoms with Crippen molar-refractivity contribution in [1.82, 2.24) is 4.90 Å². The van der Waals surface area contributed by atoms with E-state index < -0.39 is 0 Å². The zero-order chi connectivity index (χ0) is 11.1. The normalized spacial score (nSPS) is 14.2.